The van der Waals surface area contributed by atoms with E-state index in [1.54, 1.807) is 0 Å². The SMILES string of the molecule is CCCCC/C=C\C/C=C\C/C=C\CCCCCCC(=O)OC[C@H](COC(=O)CCCCCCC/C=C\C/C=C\CCCCC)OC(=O)CCCCCCC/C=C\CCCCCCCC. The molecule has 6 heteroatoms. The number of unbranched alkanes of at least 4 members (excludes halogenated alkanes) is 26. The first-order chi connectivity index (χ1) is 32.0. The van der Waals surface area contributed by atoms with Crippen molar-refractivity contribution in [2.24, 2.45) is 0 Å². The smallest absolute Gasteiger partial charge is 0.306 e. The summed E-state index contributed by atoms with van der Waals surface area (Å²) in [5.41, 5.74) is 0. The van der Waals surface area contributed by atoms with Gasteiger partial charge in [0.1, 0.15) is 13.2 Å². The van der Waals surface area contributed by atoms with Gasteiger partial charge in [0.2, 0.25) is 0 Å². The third-order valence-corrected chi connectivity index (χ3v) is 11.7. The van der Waals surface area contributed by atoms with Crippen LogP contribution in [-0.2, 0) is 28.6 Å². The lowest BCUT2D eigenvalue weighted by Crippen LogP contribution is -2.30. The van der Waals surface area contributed by atoms with Crippen molar-refractivity contribution < 1.29 is 28.6 Å². The quantitative estimate of drug-likeness (QED) is 0.0262. The number of ether oxygens (including phenoxy) is 3. The van der Waals surface area contributed by atoms with E-state index in [0.29, 0.717) is 19.3 Å². The van der Waals surface area contributed by atoms with Crippen LogP contribution in [0, 0.1) is 0 Å². The predicted molar refractivity (Wildman–Crippen MR) is 279 cm³/mol. The van der Waals surface area contributed by atoms with Crippen molar-refractivity contribution in [3.8, 4) is 0 Å². The molecule has 0 bridgehead atoms. The highest BCUT2D eigenvalue weighted by molar-refractivity contribution is 5.71. The van der Waals surface area contributed by atoms with Gasteiger partial charge in [0.05, 0.1) is 0 Å². The number of allylic oxidation sites excluding steroid dienone is 12. The molecular weight excluding hydrogens is 805 g/mol. The van der Waals surface area contributed by atoms with Crippen molar-refractivity contribution in [3.63, 3.8) is 0 Å². The number of hydrogen-bond donors (Lipinski definition) is 0. The summed E-state index contributed by atoms with van der Waals surface area (Å²) in [6, 6.07) is 0. The molecule has 0 spiro atoms. The molecule has 0 amide bonds. The highest BCUT2D eigenvalue weighted by Crippen LogP contribution is 2.14. The molecular formula is C59H102O6. The van der Waals surface area contributed by atoms with E-state index in [9.17, 15) is 14.4 Å². The number of hydrogen-bond acceptors (Lipinski definition) is 6. The van der Waals surface area contributed by atoms with Crippen LogP contribution in [0.5, 0.6) is 0 Å². The van der Waals surface area contributed by atoms with E-state index in [1.165, 1.54) is 103 Å². The Labute approximate surface area is 402 Å². The first kappa shape index (κ1) is 61.9. The zero-order valence-corrected chi connectivity index (χ0v) is 42.7. The lowest BCUT2D eigenvalue weighted by molar-refractivity contribution is -0.167. The monoisotopic (exact) mass is 907 g/mol. The van der Waals surface area contributed by atoms with Crippen LogP contribution >= 0.6 is 0 Å². The van der Waals surface area contributed by atoms with E-state index >= 15 is 0 Å². The Morgan fingerprint density at radius 2 is 0.554 bits per heavy atom. The molecule has 0 radical (unpaired) electrons. The molecule has 0 aromatic heterocycles. The fourth-order valence-electron chi connectivity index (χ4n) is 7.47. The summed E-state index contributed by atoms with van der Waals surface area (Å²) in [6.07, 6.45) is 67.3. The minimum atomic E-state index is -0.795. The van der Waals surface area contributed by atoms with E-state index < -0.39 is 6.10 Å². The minimum Gasteiger partial charge on any atom is -0.462 e. The fourth-order valence-corrected chi connectivity index (χ4v) is 7.47. The summed E-state index contributed by atoms with van der Waals surface area (Å²) in [5, 5.41) is 0. The molecule has 1 atom stereocenters. The molecule has 0 saturated heterocycles. The van der Waals surface area contributed by atoms with Crippen LogP contribution < -0.4 is 0 Å². The molecule has 0 heterocycles. The lowest BCUT2D eigenvalue weighted by atomic mass is 10.1. The van der Waals surface area contributed by atoms with Gasteiger partial charge < -0.3 is 14.2 Å². The number of rotatable bonds is 49. The number of carbonyl (C=O) groups is 3. The molecule has 0 fully saturated rings. The van der Waals surface area contributed by atoms with Crippen LogP contribution in [0.15, 0.2) is 72.9 Å². The summed E-state index contributed by atoms with van der Waals surface area (Å²) in [7, 11) is 0. The van der Waals surface area contributed by atoms with Gasteiger partial charge in [0.25, 0.3) is 0 Å². The second-order valence-corrected chi connectivity index (χ2v) is 18.1. The summed E-state index contributed by atoms with van der Waals surface area (Å²) in [6.45, 7) is 6.55. The molecule has 0 unspecified atom stereocenters. The second kappa shape index (κ2) is 53.5. The average molecular weight is 907 g/mol. The van der Waals surface area contributed by atoms with Gasteiger partial charge in [-0.3, -0.25) is 14.4 Å². The molecule has 0 aromatic carbocycles. The highest BCUT2D eigenvalue weighted by Gasteiger charge is 2.19. The van der Waals surface area contributed by atoms with Crippen LogP contribution in [0.4, 0.5) is 0 Å². The van der Waals surface area contributed by atoms with Gasteiger partial charge in [-0.25, -0.2) is 0 Å². The topological polar surface area (TPSA) is 78.9 Å². The van der Waals surface area contributed by atoms with E-state index in [-0.39, 0.29) is 31.1 Å². The minimum absolute atomic E-state index is 0.0933. The maximum atomic E-state index is 12.8. The summed E-state index contributed by atoms with van der Waals surface area (Å²) < 4.78 is 16.8. The maximum Gasteiger partial charge on any atom is 0.306 e. The van der Waals surface area contributed by atoms with Crippen LogP contribution in [0.2, 0.25) is 0 Å². The summed E-state index contributed by atoms with van der Waals surface area (Å²) >= 11 is 0. The van der Waals surface area contributed by atoms with Crippen molar-refractivity contribution in [1.29, 1.82) is 0 Å². The van der Waals surface area contributed by atoms with Crippen LogP contribution in [0.3, 0.4) is 0 Å². The Balaban J connectivity index is 4.46. The van der Waals surface area contributed by atoms with Gasteiger partial charge in [-0.05, 0) is 116 Å². The van der Waals surface area contributed by atoms with Crippen molar-refractivity contribution in [2.75, 3.05) is 13.2 Å². The van der Waals surface area contributed by atoms with E-state index in [1.807, 2.05) is 0 Å². The Bertz CT molecular complexity index is 1230. The van der Waals surface area contributed by atoms with E-state index in [4.69, 9.17) is 14.2 Å². The lowest BCUT2D eigenvalue weighted by Gasteiger charge is -2.18. The molecule has 0 aliphatic rings. The van der Waals surface area contributed by atoms with Crippen molar-refractivity contribution in [3.05, 3.63) is 72.9 Å². The summed E-state index contributed by atoms with van der Waals surface area (Å²) in [4.78, 5) is 38.1. The third-order valence-electron chi connectivity index (χ3n) is 11.7. The predicted octanol–water partition coefficient (Wildman–Crippen LogP) is 18.2. The van der Waals surface area contributed by atoms with Gasteiger partial charge in [-0.15, -0.1) is 0 Å². The zero-order chi connectivity index (χ0) is 47.2. The fraction of sp³-hybridized carbons (Fsp3) is 0.746. The van der Waals surface area contributed by atoms with Crippen LogP contribution in [0.25, 0.3) is 0 Å². The average Bonchev–Trinajstić information content (AvgIpc) is 3.30. The molecule has 0 aromatic rings. The molecule has 6 nitrogen and oxygen atoms in total. The molecule has 0 aliphatic carbocycles. The third kappa shape index (κ3) is 51.7. The molecule has 0 N–H and O–H groups in total. The number of carbonyl (C=O) groups excluding carboxylic acids is 3. The van der Waals surface area contributed by atoms with Crippen molar-refractivity contribution >= 4 is 17.9 Å². The first-order valence-corrected chi connectivity index (χ1v) is 27.4. The van der Waals surface area contributed by atoms with Crippen LogP contribution in [0.1, 0.15) is 265 Å². The second-order valence-electron chi connectivity index (χ2n) is 18.1. The molecule has 374 valence electrons. The van der Waals surface area contributed by atoms with Gasteiger partial charge >= 0.3 is 17.9 Å². The first-order valence-electron chi connectivity index (χ1n) is 27.4. The molecule has 0 saturated carbocycles. The van der Waals surface area contributed by atoms with Crippen molar-refractivity contribution in [1.82, 2.24) is 0 Å². The van der Waals surface area contributed by atoms with Gasteiger partial charge in [-0.2, -0.15) is 0 Å². The van der Waals surface area contributed by atoms with Gasteiger partial charge in [0.15, 0.2) is 6.10 Å². The Morgan fingerprint density at radius 1 is 0.308 bits per heavy atom. The zero-order valence-electron chi connectivity index (χ0n) is 42.7. The normalized spacial score (nSPS) is 12.6. The largest absolute Gasteiger partial charge is 0.462 e. The van der Waals surface area contributed by atoms with Crippen LogP contribution in [-0.4, -0.2) is 37.2 Å². The molecule has 65 heavy (non-hydrogen) atoms. The Morgan fingerprint density at radius 3 is 0.908 bits per heavy atom. The standard InChI is InChI=1S/C59H102O6/c1-4-7-10-13-16-19-22-25-28-29-32-34-37-40-43-46-49-52-58(61)64-55-56(65-59(62)53-50-47-44-41-38-35-31-27-24-21-18-15-12-9-6-3)54-63-57(60)51-48-45-42-39-36-33-30-26-23-20-17-14-11-8-5-2/h16-17,19-20,25-28,30-32,34,56H,4-15,18,21-24,29,33,35-55H2,1-3H3/b19-16-,20-17-,28-25-,30-26-,31-27-,34-32-/t56-/m0/s1. The number of esters is 3. The molecule has 0 aliphatic heterocycles. The maximum absolute atomic E-state index is 12.8. The van der Waals surface area contributed by atoms with Gasteiger partial charge in [0, 0.05) is 19.3 Å². The van der Waals surface area contributed by atoms with E-state index in [2.05, 4.69) is 93.7 Å². The summed E-state index contributed by atoms with van der Waals surface area (Å²) in [5.74, 6) is -0.932. The van der Waals surface area contributed by atoms with E-state index in [0.717, 1.165) is 122 Å². The Kier molecular flexibility index (Phi) is 50.9. The van der Waals surface area contributed by atoms with Gasteiger partial charge in [-0.1, -0.05) is 203 Å². The Hall–Kier alpha value is -3.15. The molecule has 0 rings (SSSR count). The van der Waals surface area contributed by atoms with Crippen molar-refractivity contribution in [2.45, 2.75) is 271 Å². The highest BCUT2D eigenvalue weighted by atomic mass is 16.6.